The van der Waals surface area contributed by atoms with Crippen molar-refractivity contribution in [1.82, 2.24) is 4.90 Å². The third-order valence-electron chi connectivity index (χ3n) is 5.53. The van der Waals surface area contributed by atoms with E-state index in [0.717, 1.165) is 36.4 Å². The Balaban J connectivity index is 1.66. The summed E-state index contributed by atoms with van der Waals surface area (Å²) in [6.07, 6.45) is 3.01. The van der Waals surface area contributed by atoms with E-state index in [-0.39, 0.29) is 29.3 Å². The number of carbonyl (C=O) groups is 1. The molecule has 132 valence electrons. The first-order chi connectivity index (χ1) is 12.0. The standard InChI is InChI=1S/C20H23FN2OS/c1-20(2)13-17-16(23(20)15-9-7-14(21)8-10-15)5-3-11-22(17)19(24)18-6-4-12-25-18/h4,6-10,12,16-17H,3,5,11,13H2,1-2H3/t16-,17-/m0/s1. The highest BCUT2D eigenvalue weighted by Crippen LogP contribution is 2.44. The first-order valence-corrected chi connectivity index (χ1v) is 9.75. The van der Waals surface area contributed by atoms with Crippen LogP contribution in [0.5, 0.6) is 0 Å². The number of thiophene rings is 1. The van der Waals surface area contributed by atoms with Crippen LogP contribution in [0.4, 0.5) is 10.1 Å². The summed E-state index contributed by atoms with van der Waals surface area (Å²) in [6.45, 7) is 5.27. The van der Waals surface area contributed by atoms with Crippen molar-refractivity contribution < 1.29 is 9.18 Å². The maximum atomic E-state index is 13.4. The van der Waals surface area contributed by atoms with E-state index in [9.17, 15) is 9.18 Å². The van der Waals surface area contributed by atoms with Gasteiger partial charge in [-0.3, -0.25) is 4.79 Å². The number of piperidine rings is 1. The molecule has 2 aliphatic rings. The zero-order valence-electron chi connectivity index (χ0n) is 14.6. The summed E-state index contributed by atoms with van der Waals surface area (Å²) in [7, 11) is 0. The maximum Gasteiger partial charge on any atom is 0.264 e. The van der Waals surface area contributed by atoms with E-state index in [2.05, 4.69) is 23.6 Å². The van der Waals surface area contributed by atoms with Gasteiger partial charge in [0.25, 0.3) is 5.91 Å². The second kappa shape index (κ2) is 6.13. The molecule has 0 saturated carbocycles. The average molecular weight is 358 g/mol. The summed E-state index contributed by atoms with van der Waals surface area (Å²) in [5.74, 6) is -0.0584. The number of amides is 1. The first kappa shape index (κ1) is 16.6. The molecule has 0 bridgehead atoms. The Labute approximate surface area is 152 Å². The molecule has 4 rings (SSSR count). The molecule has 0 radical (unpaired) electrons. The van der Waals surface area contributed by atoms with Gasteiger partial charge in [0.05, 0.1) is 17.0 Å². The molecule has 0 aliphatic carbocycles. The number of nitrogens with zero attached hydrogens (tertiary/aromatic N) is 2. The molecule has 2 atom stereocenters. The molecule has 0 N–H and O–H groups in total. The van der Waals surface area contributed by atoms with Gasteiger partial charge in [0.15, 0.2) is 0 Å². The van der Waals surface area contributed by atoms with Gasteiger partial charge < -0.3 is 9.80 Å². The second-order valence-electron chi connectivity index (χ2n) is 7.62. The Morgan fingerprint density at radius 3 is 2.64 bits per heavy atom. The van der Waals surface area contributed by atoms with Crippen LogP contribution in [-0.4, -0.2) is 35.0 Å². The van der Waals surface area contributed by atoms with Gasteiger partial charge in [-0.25, -0.2) is 4.39 Å². The number of halogens is 1. The zero-order chi connectivity index (χ0) is 17.6. The summed E-state index contributed by atoms with van der Waals surface area (Å²) < 4.78 is 13.4. The van der Waals surface area contributed by atoms with E-state index < -0.39 is 0 Å². The van der Waals surface area contributed by atoms with Crippen LogP contribution in [0.15, 0.2) is 41.8 Å². The van der Waals surface area contributed by atoms with Crippen LogP contribution in [0.2, 0.25) is 0 Å². The Kier molecular flexibility index (Phi) is 4.07. The lowest BCUT2D eigenvalue weighted by Gasteiger charge is -2.42. The van der Waals surface area contributed by atoms with Crippen molar-refractivity contribution in [2.75, 3.05) is 11.4 Å². The summed E-state index contributed by atoms with van der Waals surface area (Å²) in [5, 5.41) is 1.96. The number of anilines is 1. The van der Waals surface area contributed by atoms with Gasteiger partial charge in [-0.15, -0.1) is 11.3 Å². The van der Waals surface area contributed by atoms with Crippen molar-refractivity contribution in [1.29, 1.82) is 0 Å². The lowest BCUT2D eigenvalue weighted by atomic mass is 9.94. The number of hydrogen-bond acceptors (Lipinski definition) is 3. The normalized spacial score (nSPS) is 25.1. The predicted molar refractivity (Wildman–Crippen MR) is 99.7 cm³/mol. The minimum Gasteiger partial charge on any atom is -0.361 e. The topological polar surface area (TPSA) is 23.6 Å². The Morgan fingerprint density at radius 1 is 1.20 bits per heavy atom. The van der Waals surface area contributed by atoms with Crippen LogP contribution < -0.4 is 4.90 Å². The van der Waals surface area contributed by atoms with Crippen LogP contribution in [0, 0.1) is 5.82 Å². The lowest BCUT2D eigenvalue weighted by Crippen LogP contribution is -2.52. The van der Waals surface area contributed by atoms with Gasteiger partial charge in [0, 0.05) is 17.8 Å². The highest BCUT2D eigenvalue weighted by Gasteiger charge is 2.50. The number of hydrogen-bond donors (Lipinski definition) is 0. The van der Waals surface area contributed by atoms with Crippen molar-refractivity contribution in [2.45, 2.75) is 50.7 Å². The summed E-state index contributed by atoms with van der Waals surface area (Å²) in [5.41, 5.74) is 0.982. The molecule has 3 nitrogen and oxygen atoms in total. The average Bonchev–Trinajstić information content (AvgIpc) is 3.20. The molecule has 0 spiro atoms. The molecule has 2 aliphatic heterocycles. The molecule has 1 aromatic carbocycles. The largest absolute Gasteiger partial charge is 0.361 e. The minimum atomic E-state index is -0.213. The molecule has 0 unspecified atom stereocenters. The Bertz CT molecular complexity index is 757. The van der Waals surface area contributed by atoms with Crippen LogP contribution in [0.1, 0.15) is 42.8 Å². The zero-order valence-corrected chi connectivity index (χ0v) is 15.4. The highest BCUT2D eigenvalue weighted by atomic mass is 32.1. The van der Waals surface area contributed by atoms with Crippen molar-refractivity contribution in [2.24, 2.45) is 0 Å². The summed E-state index contributed by atoms with van der Waals surface area (Å²) in [4.78, 5) is 18.3. The number of carbonyl (C=O) groups excluding carboxylic acids is 1. The van der Waals surface area contributed by atoms with Crippen LogP contribution in [-0.2, 0) is 0 Å². The van der Waals surface area contributed by atoms with Crippen molar-refractivity contribution in [3.63, 3.8) is 0 Å². The molecular formula is C20H23FN2OS. The van der Waals surface area contributed by atoms with Gasteiger partial charge in [-0.2, -0.15) is 0 Å². The quantitative estimate of drug-likeness (QED) is 0.786. The summed E-state index contributed by atoms with van der Waals surface area (Å²) in [6, 6.07) is 11.1. The fourth-order valence-corrected chi connectivity index (χ4v) is 5.26. The van der Waals surface area contributed by atoms with Gasteiger partial charge in [0.1, 0.15) is 5.82 Å². The minimum absolute atomic E-state index is 0.0640. The smallest absolute Gasteiger partial charge is 0.264 e. The molecule has 1 aromatic heterocycles. The van der Waals surface area contributed by atoms with E-state index in [0.29, 0.717) is 0 Å². The number of likely N-dealkylation sites (tertiary alicyclic amines) is 1. The van der Waals surface area contributed by atoms with E-state index in [1.54, 1.807) is 0 Å². The molecule has 1 amide bonds. The lowest BCUT2D eigenvalue weighted by molar-refractivity contribution is 0.0610. The van der Waals surface area contributed by atoms with E-state index in [4.69, 9.17) is 0 Å². The molecule has 3 heterocycles. The van der Waals surface area contributed by atoms with Crippen LogP contribution in [0.3, 0.4) is 0 Å². The summed E-state index contributed by atoms with van der Waals surface area (Å²) >= 11 is 1.51. The van der Waals surface area contributed by atoms with Gasteiger partial charge in [-0.05, 0) is 68.8 Å². The predicted octanol–water partition coefficient (Wildman–Crippen LogP) is 4.55. The molecule has 2 fully saturated rings. The number of benzene rings is 1. The molecule has 2 aromatic rings. The van der Waals surface area contributed by atoms with E-state index >= 15 is 0 Å². The molecule has 2 saturated heterocycles. The molecular weight excluding hydrogens is 335 g/mol. The SMILES string of the molecule is CC1(C)C[C@H]2[C@H](CCCN2C(=O)c2cccs2)N1c1ccc(F)cc1. The fourth-order valence-electron chi connectivity index (χ4n) is 4.58. The highest BCUT2D eigenvalue weighted by molar-refractivity contribution is 7.12. The van der Waals surface area contributed by atoms with Gasteiger partial charge in [0.2, 0.25) is 0 Å². The van der Waals surface area contributed by atoms with Gasteiger partial charge >= 0.3 is 0 Å². The van der Waals surface area contributed by atoms with Crippen LogP contribution >= 0.6 is 11.3 Å². The first-order valence-electron chi connectivity index (χ1n) is 8.87. The second-order valence-corrected chi connectivity index (χ2v) is 8.56. The number of rotatable bonds is 2. The van der Waals surface area contributed by atoms with E-state index in [1.165, 1.54) is 23.5 Å². The van der Waals surface area contributed by atoms with Gasteiger partial charge in [-0.1, -0.05) is 6.07 Å². The van der Waals surface area contributed by atoms with E-state index in [1.807, 2.05) is 29.6 Å². The van der Waals surface area contributed by atoms with Crippen molar-refractivity contribution in [3.8, 4) is 0 Å². The van der Waals surface area contributed by atoms with Crippen LogP contribution in [0.25, 0.3) is 0 Å². The third-order valence-corrected chi connectivity index (χ3v) is 6.39. The Morgan fingerprint density at radius 2 is 1.96 bits per heavy atom. The Hall–Kier alpha value is -1.88. The molecule has 25 heavy (non-hydrogen) atoms. The van der Waals surface area contributed by atoms with Crippen molar-refractivity contribution in [3.05, 3.63) is 52.5 Å². The third kappa shape index (κ3) is 2.84. The fraction of sp³-hybridized carbons (Fsp3) is 0.450. The molecule has 5 heteroatoms. The number of fused-ring (bicyclic) bond motifs is 1. The monoisotopic (exact) mass is 358 g/mol. The maximum absolute atomic E-state index is 13.4. The van der Waals surface area contributed by atoms with Crippen molar-refractivity contribution >= 4 is 22.9 Å².